The maximum absolute atomic E-state index is 3.71. The topological polar surface area (TPSA) is 6.48 Å². The molecule has 0 saturated heterocycles. The first-order valence-electron chi connectivity index (χ1n) is 4.08. The highest BCUT2D eigenvalue weighted by atomic mass is 15.6. The summed E-state index contributed by atoms with van der Waals surface area (Å²) in [6, 6.07) is 0.554. The van der Waals surface area contributed by atoms with Crippen molar-refractivity contribution in [1.82, 2.24) is 10.0 Å². The fourth-order valence-electron chi connectivity index (χ4n) is 0.848. The van der Waals surface area contributed by atoms with Crippen LogP contribution in [-0.2, 0) is 0 Å². The third kappa shape index (κ3) is 2.93. The van der Waals surface area contributed by atoms with Crippen LogP contribution in [-0.4, -0.2) is 30.2 Å². The van der Waals surface area contributed by atoms with Gasteiger partial charge in [0, 0.05) is 26.3 Å². The normalized spacial score (nSPS) is 13.7. The smallest absolute Gasteiger partial charge is 0.0284 e. The van der Waals surface area contributed by atoms with E-state index in [2.05, 4.69) is 39.4 Å². The van der Waals surface area contributed by atoms with Gasteiger partial charge in [-0.25, -0.2) is 5.01 Å². The SMILES string of the molecule is C=CN(C)N(C)[C@H](C)C(C)C. The third-order valence-electron chi connectivity index (χ3n) is 2.32. The van der Waals surface area contributed by atoms with Crippen molar-refractivity contribution in [1.29, 1.82) is 0 Å². The largest absolute Gasteiger partial charge is 0.317 e. The second-order valence-corrected chi connectivity index (χ2v) is 3.31. The van der Waals surface area contributed by atoms with Gasteiger partial charge in [0.1, 0.15) is 0 Å². The minimum Gasteiger partial charge on any atom is -0.317 e. The lowest BCUT2D eigenvalue weighted by Crippen LogP contribution is -2.41. The van der Waals surface area contributed by atoms with E-state index in [1.165, 1.54) is 0 Å². The Labute approximate surface area is 70.5 Å². The van der Waals surface area contributed by atoms with Crippen LogP contribution >= 0.6 is 0 Å². The summed E-state index contributed by atoms with van der Waals surface area (Å²) in [6.45, 7) is 10.4. The van der Waals surface area contributed by atoms with Crippen molar-refractivity contribution in [2.75, 3.05) is 14.1 Å². The second-order valence-electron chi connectivity index (χ2n) is 3.31. The van der Waals surface area contributed by atoms with E-state index >= 15 is 0 Å². The number of hydrazine groups is 1. The van der Waals surface area contributed by atoms with Gasteiger partial charge in [-0.15, -0.1) is 0 Å². The Hall–Kier alpha value is -0.500. The summed E-state index contributed by atoms with van der Waals surface area (Å²) >= 11 is 0. The van der Waals surface area contributed by atoms with Gasteiger partial charge in [-0.3, -0.25) is 0 Å². The quantitative estimate of drug-likeness (QED) is 0.574. The Kier molecular flexibility index (Phi) is 4.19. The highest BCUT2D eigenvalue weighted by Gasteiger charge is 2.14. The van der Waals surface area contributed by atoms with E-state index in [9.17, 15) is 0 Å². The zero-order chi connectivity index (χ0) is 9.02. The number of nitrogens with zero attached hydrogens (tertiary/aromatic N) is 2. The Morgan fingerprint density at radius 2 is 1.64 bits per heavy atom. The van der Waals surface area contributed by atoms with Crippen molar-refractivity contribution in [2.45, 2.75) is 26.8 Å². The summed E-state index contributed by atoms with van der Waals surface area (Å²) in [5.41, 5.74) is 0. The van der Waals surface area contributed by atoms with Crippen LogP contribution in [0, 0.1) is 5.92 Å². The molecule has 0 aliphatic carbocycles. The molecule has 0 radical (unpaired) electrons. The fraction of sp³-hybridized carbons (Fsp3) is 0.778. The van der Waals surface area contributed by atoms with Crippen molar-refractivity contribution >= 4 is 0 Å². The Morgan fingerprint density at radius 3 is 1.91 bits per heavy atom. The van der Waals surface area contributed by atoms with Crippen LogP contribution in [0.3, 0.4) is 0 Å². The van der Waals surface area contributed by atoms with Gasteiger partial charge < -0.3 is 5.01 Å². The molecule has 0 bridgehead atoms. The molecule has 0 saturated carbocycles. The lowest BCUT2D eigenvalue weighted by molar-refractivity contribution is 0.0188. The van der Waals surface area contributed by atoms with Crippen molar-refractivity contribution in [3.8, 4) is 0 Å². The Bertz CT molecular complexity index is 121. The minimum absolute atomic E-state index is 0.554. The summed E-state index contributed by atoms with van der Waals surface area (Å²) in [5, 5.41) is 4.18. The van der Waals surface area contributed by atoms with Gasteiger partial charge >= 0.3 is 0 Å². The van der Waals surface area contributed by atoms with E-state index in [0.29, 0.717) is 12.0 Å². The molecule has 0 N–H and O–H groups in total. The van der Waals surface area contributed by atoms with E-state index in [0.717, 1.165) is 0 Å². The van der Waals surface area contributed by atoms with E-state index in [1.807, 2.05) is 18.3 Å². The lowest BCUT2D eigenvalue weighted by Gasteiger charge is -2.34. The minimum atomic E-state index is 0.554. The summed E-state index contributed by atoms with van der Waals surface area (Å²) in [6.07, 6.45) is 1.82. The van der Waals surface area contributed by atoms with E-state index in [4.69, 9.17) is 0 Å². The molecule has 0 heterocycles. The van der Waals surface area contributed by atoms with Crippen LogP contribution in [0.1, 0.15) is 20.8 Å². The van der Waals surface area contributed by atoms with Crippen LogP contribution in [0.4, 0.5) is 0 Å². The molecule has 0 aliphatic heterocycles. The number of hydrogen-bond donors (Lipinski definition) is 0. The standard InChI is InChI=1S/C9H20N2/c1-7-10(5)11(6)9(4)8(2)3/h7-9H,1H2,2-6H3/t9-/m1/s1. The molecule has 0 fully saturated rings. The summed E-state index contributed by atoms with van der Waals surface area (Å²) < 4.78 is 0. The molecule has 11 heavy (non-hydrogen) atoms. The monoisotopic (exact) mass is 156 g/mol. The molecule has 2 heteroatoms. The molecule has 0 aromatic carbocycles. The van der Waals surface area contributed by atoms with E-state index < -0.39 is 0 Å². The molecule has 0 aromatic rings. The van der Waals surface area contributed by atoms with Gasteiger partial charge in [0.15, 0.2) is 0 Å². The van der Waals surface area contributed by atoms with E-state index in [-0.39, 0.29) is 0 Å². The maximum atomic E-state index is 3.71. The van der Waals surface area contributed by atoms with Crippen LogP contribution in [0.2, 0.25) is 0 Å². The molecule has 66 valence electrons. The van der Waals surface area contributed by atoms with Gasteiger partial charge in [-0.1, -0.05) is 20.4 Å². The van der Waals surface area contributed by atoms with E-state index in [1.54, 1.807) is 0 Å². The van der Waals surface area contributed by atoms with Crippen LogP contribution in [0.15, 0.2) is 12.8 Å². The Balaban J connectivity index is 4.00. The highest BCUT2D eigenvalue weighted by Crippen LogP contribution is 2.09. The Morgan fingerprint density at radius 1 is 1.18 bits per heavy atom. The molecule has 0 spiro atoms. The lowest BCUT2D eigenvalue weighted by atomic mass is 10.1. The molecule has 1 atom stereocenters. The van der Waals surface area contributed by atoms with Gasteiger partial charge in [0.25, 0.3) is 0 Å². The average Bonchev–Trinajstić information content (AvgIpc) is 2.00. The van der Waals surface area contributed by atoms with Crippen molar-refractivity contribution < 1.29 is 0 Å². The fourth-order valence-corrected chi connectivity index (χ4v) is 0.848. The van der Waals surface area contributed by atoms with Crippen LogP contribution in [0.25, 0.3) is 0 Å². The molecule has 0 rings (SSSR count). The first-order valence-corrected chi connectivity index (χ1v) is 4.08. The summed E-state index contributed by atoms with van der Waals surface area (Å²) in [4.78, 5) is 0. The molecular weight excluding hydrogens is 136 g/mol. The summed E-state index contributed by atoms with van der Waals surface area (Å²) in [5.74, 6) is 0.669. The zero-order valence-corrected chi connectivity index (χ0v) is 8.33. The zero-order valence-electron chi connectivity index (χ0n) is 8.33. The van der Waals surface area contributed by atoms with Crippen molar-refractivity contribution in [2.24, 2.45) is 5.92 Å². The highest BCUT2D eigenvalue weighted by molar-refractivity contribution is 4.69. The van der Waals surface area contributed by atoms with Gasteiger partial charge in [0.2, 0.25) is 0 Å². The average molecular weight is 156 g/mol. The first kappa shape index (κ1) is 10.5. The second kappa shape index (κ2) is 4.39. The van der Waals surface area contributed by atoms with Crippen LogP contribution < -0.4 is 0 Å². The van der Waals surface area contributed by atoms with Gasteiger partial charge in [-0.05, 0) is 12.8 Å². The summed E-state index contributed by atoms with van der Waals surface area (Å²) in [7, 11) is 4.08. The number of rotatable bonds is 4. The molecule has 2 nitrogen and oxygen atoms in total. The predicted molar refractivity (Wildman–Crippen MR) is 50.0 cm³/mol. The molecule has 0 aliphatic rings. The van der Waals surface area contributed by atoms with Gasteiger partial charge in [-0.2, -0.15) is 0 Å². The first-order chi connectivity index (χ1) is 5.00. The maximum Gasteiger partial charge on any atom is 0.0284 e. The van der Waals surface area contributed by atoms with Gasteiger partial charge in [0.05, 0.1) is 0 Å². The van der Waals surface area contributed by atoms with Crippen molar-refractivity contribution in [3.05, 3.63) is 12.8 Å². The molecule has 0 amide bonds. The predicted octanol–water partition coefficient (Wildman–Crippen LogP) is 1.95. The molecule has 0 aromatic heterocycles. The van der Waals surface area contributed by atoms with Crippen molar-refractivity contribution in [3.63, 3.8) is 0 Å². The third-order valence-corrected chi connectivity index (χ3v) is 2.32. The molecule has 0 unspecified atom stereocenters. The molecular formula is C9H20N2. The van der Waals surface area contributed by atoms with Crippen LogP contribution in [0.5, 0.6) is 0 Å². The number of hydrogen-bond acceptors (Lipinski definition) is 2.